The summed E-state index contributed by atoms with van der Waals surface area (Å²) >= 11 is 0. The van der Waals surface area contributed by atoms with Crippen molar-refractivity contribution in [2.24, 2.45) is 5.41 Å². The highest BCUT2D eigenvalue weighted by atomic mass is 16.3. The Hall–Kier alpha value is -0.0800. The quantitative estimate of drug-likeness (QED) is 0.645. The van der Waals surface area contributed by atoms with Gasteiger partial charge < -0.3 is 10.4 Å². The lowest BCUT2D eigenvalue weighted by molar-refractivity contribution is 0.177. The lowest BCUT2D eigenvalue weighted by Gasteiger charge is -2.11. The van der Waals surface area contributed by atoms with Crippen LogP contribution in [0.3, 0.4) is 0 Å². The molecule has 0 radical (unpaired) electrons. The Morgan fingerprint density at radius 2 is 1.36 bits per heavy atom. The molecule has 0 saturated carbocycles. The van der Waals surface area contributed by atoms with Crippen LogP contribution in [0.1, 0.15) is 34.6 Å². The summed E-state index contributed by atoms with van der Waals surface area (Å²) in [6.45, 7) is 12.6. The van der Waals surface area contributed by atoms with Crippen molar-refractivity contribution >= 4 is 0 Å². The maximum absolute atomic E-state index is 8.40. The zero-order valence-electron chi connectivity index (χ0n) is 8.57. The summed E-state index contributed by atoms with van der Waals surface area (Å²) in [5.74, 6) is 0. The molecule has 0 rings (SSSR count). The molecule has 0 unspecified atom stereocenters. The molecule has 0 atom stereocenters. The summed E-state index contributed by atoms with van der Waals surface area (Å²) in [6, 6.07) is 0. The summed E-state index contributed by atoms with van der Waals surface area (Å²) in [5.41, 5.74) is 0.0972. The van der Waals surface area contributed by atoms with Gasteiger partial charge in [0.1, 0.15) is 0 Å². The molecule has 0 amide bonds. The fraction of sp³-hybridized carbons (Fsp3) is 1.00. The Balaban J connectivity index is 0. The van der Waals surface area contributed by atoms with Gasteiger partial charge in [0.05, 0.1) is 0 Å². The number of aliphatic hydroxyl groups excluding tert-OH is 1. The highest BCUT2D eigenvalue weighted by Crippen LogP contribution is 2.09. The van der Waals surface area contributed by atoms with E-state index in [2.05, 4.69) is 19.2 Å². The highest BCUT2D eigenvalue weighted by Gasteiger charge is 2.05. The first-order valence-corrected chi connectivity index (χ1v) is 4.29. The lowest BCUT2D eigenvalue weighted by atomic mass is 9.99. The molecule has 0 aromatic rings. The predicted octanol–water partition coefficient (Wildman–Crippen LogP) is 1.64. The number of rotatable bonds is 2. The second kappa shape index (κ2) is 8.02. The average Bonchev–Trinajstić information content (AvgIpc) is 1.90. The fourth-order valence-electron chi connectivity index (χ4n) is 0.250. The third-order valence-corrected chi connectivity index (χ3v) is 0.974. The molecule has 0 spiro atoms. The number of nitrogens with one attached hydrogen (secondary N) is 1. The zero-order valence-corrected chi connectivity index (χ0v) is 8.57. The maximum atomic E-state index is 8.40. The van der Waals surface area contributed by atoms with Gasteiger partial charge in [0.25, 0.3) is 0 Å². The van der Waals surface area contributed by atoms with Gasteiger partial charge in [-0.2, -0.15) is 0 Å². The third kappa shape index (κ3) is 25.7. The molecule has 0 aliphatic heterocycles. The van der Waals surface area contributed by atoms with Crippen molar-refractivity contribution in [3.63, 3.8) is 0 Å². The molecule has 0 aliphatic rings. The van der Waals surface area contributed by atoms with Crippen molar-refractivity contribution in [1.82, 2.24) is 5.32 Å². The molecule has 0 fully saturated rings. The van der Waals surface area contributed by atoms with E-state index >= 15 is 0 Å². The van der Waals surface area contributed by atoms with Crippen molar-refractivity contribution in [1.29, 1.82) is 0 Å². The Labute approximate surface area is 71.0 Å². The van der Waals surface area contributed by atoms with E-state index in [1.54, 1.807) is 0 Å². The van der Waals surface area contributed by atoms with Crippen LogP contribution in [0.2, 0.25) is 0 Å². The Bertz CT molecular complexity index is 64.5. The molecule has 2 nitrogen and oxygen atoms in total. The first kappa shape index (κ1) is 13.5. The standard InChI is InChI=1S/C5H12O.C4H11N/c1-5(2,3)4-6;1-3-5-4-2/h6H,4H2,1-3H3;5H,3-4H2,1-2H3. The minimum atomic E-state index is 0.0972. The SMILES string of the molecule is CC(C)(C)CO.CCNCC. The second-order valence-electron chi connectivity index (χ2n) is 3.68. The van der Waals surface area contributed by atoms with Gasteiger partial charge in [0.2, 0.25) is 0 Å². The summed E-state index contributed by atoms with van der Waals surface area (Å²) in [6.07, 6.45) is 0. The number of aliphatic hydroxyl groups is 1. The average molecular weight is 161 g/mol. The molecule has 0 aromatic heterocycles. The molecule has 2 heteroatoms. The molecule has 0 heterocycles. The van der Waals surface area contributed by atoms with Gasteiger partial charge in [0, 0.05) is 6.61 Å². The van der Waals surface area contributed by atoms with Crippen LogP contribution in [0.25, 0.3) is 0 Å². The van der Waals surface area contributed by atoms with E-state index in [1.165, 1.54) is 0 Å². The molecule has 11 heavy (non-hydrogen) atoms. The molecule has 0 bridgehead atoms. The van der Waals surface area contributed by atoms with Gasteiger partial charge in [-0.3, -0.25) is 0 Å². The minimum Gasteiger partial charge on any atom is -0.396 e. The van der Waals surface area contributed by atoms with Crippen molar-refractivity contribution in [2.75, 3.05) is 19.7 Å². The fourth-order valence-corrected chi connectivity index (χ4v) is 0.250. The number of hydrogen-bond acceptors (Lipinski definition) is 2. The normalized spacial score (nSPS) is 10.4. The van der Waals surface area contributed by atoms with Gasteiger partial charge in [0.15, 0.2) is 0 Å². The molecule has 0 saturated heterocycles. The van der Waals surface area contributed by atoms with Crippen LogP contribution < -0.4 is 5.32 Å². The van der Waals surface area contributed by atoms with Crippen LogP contribution in [0, 0.1) is 5.41 Å². The zero-order chi connectivity index (χ0) is 9.33. The van der Waals surface area contributed by atoms with Crippen molar-refractivity contribution in [3.8, 4) is 0 Å². The van der Waals surface area contributed by atoms with Crippen molar-refractivity contribution < 1.29 is 5.11 Å². The monoisotopic (exact) mass is 161 g/mol. The van der Waals surface area contributed by atoms with Gasteiger partial charge in [-0.1, -0.05) is 34.6 Å². The van der Waals surface area contributed by atoms with E-state index in [1.807, 2.05) is 20.8 Å². The number of hydrogen-bond donors (Lipinski definition) is 2. The van der Waals surface area contributed by atoms with Gasteiger partial charge in [-0.15, -0.1) is 0 Å². The van der Waals surface area contributed by atoms with Gasteiger partial charge in [-0.05, 0) is 18.5 Å². The first-order valence-electron chi connectivity index (χ1n) is 4.29. The second-order valence-corrected chi connectivity index (χ2v) is 3.68. The third-order valence-electron chi connectivity index (χ3n) is 0.974. The summed E-state index contributed by atoms with van der Waals surface area (Å²) in [7, 11) is 0. The van der Waals surface area contributed by atoms with Gasteiger partial charge >= 0.3 is 0 Å². The molecular weight excluding hydrogens is 138 g/mol. The van der Waals surface area contributed by atoms with Crippen LogP contribution in [0.4, 0.5) is 0 Å². The van der Waals surface area contributed by atoms with Crippen LogP contribution in [-0.4, -0.2) is 24.8 Å². The molecular formula is C9H23NO. The van der Waals surface area contributed by atoms with Crippen LogP contribution in [0.5, 0.6) is 0 Å². The van der Waals surface area contributed by atoms with Crippen LogP contribution in [0.15, 0.2) is 0 Å². The summed E-state index contributed by atoms with van der Waals surface area (Å²) in [5, 5.41) is 11.5. The summed E-state index contributed by atoms with van der Waals surface area (Å²) < 4.78 is 0. The van der Waals surface area contributed by atoms with E-state index < -0.39 is 0 Å². The van der Waals surface area contributed by atoms with Crippen molar-refractivity contribution in [2.45, 2.75) is 34.6 Å². The first-order chi connectivity index (χ1) is 4.97. The van der Waals surface area contributed by atoms with Gasteiger partial charge in [-0.25, -0.2) is 0 Å². The van der Waals surface area contributed by atoms with Crippen LogP contribution in [-0.2, 0) is 0 Å². The van der Waals surface area contributed by atoms with E-state index in [-0.39, 0.29) is 12.0 Å². The van der Waals surface area contributed by atoms with E-state index in [4.69, 9.17) is 5.11 Å². The lowest BCUT2D eigenvalue weighted by Crippen LogP contribution is -2.09. The molecule has 2 N–H and O–H groups in total. The largest absolute Gasteiger partial charge is 0.396 e. The van der Waals surface area contributed by atoms with E-state index in [0.29, 0.717) is 0 Å². The van der Waals surface area contributed by atoms with Crippen molar-refractivity contribution in [3.05, 3.63) is 0 Å². The summed E-state index contributed by atoms with van der Waals surface area (Å²) in [4.78, 5) is 0. The molecule has 0 aliphatic carbocycles. The molecule has 0 aromatic carbocycles. The molecule has 70 valence electrons. The minimum absolute atomic E-state index is 0.0972. The smallest absolute Gasteiger partial charge is 0.0479 e. The van der Waals surface area contributed by atoms with E-state index in [0.717, 1.165) is 13.1 Å². The Morgan fingerprint density at radius 1 is 1.09 bits per heavy atom. The van der Waals surface area contributed by atoms with E-state index in [9.17, 15) is 0 Å². The highest BCUT2D eigenvalue weighted by molar-refractivity contribution is 4.55. The Kier molecular flexibility index (Phi) is 9.85. The predicted molar refractivity (Wildman–Crippen MR) is 50.8 cm³/mol. The topological polar surface area (TPSA) is 32.3 Å². The maximum Gasteiger partial charge on any atom is 0.0479 e. The Morgan fingerprint density at radius 3 is 1.36 bits per heavy atom. The van der Waals surface area contributed by atoms with Crippen LogP contribution >= 0.6 is 0 Å².